The monoisotopic (exact) mass is 416 g/mol. The van der Waals surface area contributed by atoms with Crippen LogP contribution in [-0.2, 0) is 6.54 Å². The molecule has 0 bridgehead atoms. The molecule has 0 unspecified atom stereocenters. The predicted molar refractivity (Wildman–Crippen MR) is 110 cm³/mol. The lowest BCUT2D eigenvalue weighted by Crippen LogP contribution is -2.24. The molecule has 2 aromatic heterocycles. The second-order valence-electron chi connectivity index (χ2n) is 6.36. The number of amides is 1. The molecule has 10 nitrogen and oxygen atoms in total. The largest absolute Gasteiger partial charge is 0.457 e. The molecule has 0 radical (unpaired) electrons. The number of aromatic nitrogens is 4. The molecule has 0 saturated heterocycles. The molecule has 31 heavy (non-hydrogen) atoms. The van der Waals surface area contributed by atoms with Gasteiger partial charge in [0.25, 0.3) is 11.6 Å². The molecule has 0 aliphatic heterocycles. The van der Waals surface area contributed by atoms with Crippen LogP contribution in [0.3, 0.4) is 0 Å². The molecule has 0 aliphatic carbocycles. The molecule has 10 heteroatoms. The lowest BCUT2D eigenvalue weighted by atomic mass is 10.1. The molecule has 0 spiro atoms. The molecule has 0 saturated carbocycles. The molecular formula is C21H16N6O4. The Labute approximate surface area is 176 Å². The average Bonchev–Trinajstić information content (AvgIpc) is 3.33. The third kappa shape index (κ3) is 4.53. The van der Waals surface area contributed by atoms with Crippen molar-refractivity contribution in [2.75, 3.05) is 0 Å². The van der Waals surface area contributed by atoms with Gasteiger partial charge in [-0.15, -0.1) is 0 Å². The second kappa shape index (κ2) is 8.82. The van der Waals surface area contributed by atoms with Crippen LogP contribution in [0.5, 0.6) is 11.5 Å². The summed E-state index contributed by atoms with van der Waals surface area (Å²) in [4.78, 5) is 31.8. The van der Waals surface area contributed by atoms with Crippen LogP contribution in [0.25, 0.3) is 5.82 Å². The lowest BCUT2D eigenvalue weighted by Gasteiger charge is -2.13. The maximum atomic E-state index is 12.9. The van der Waals surface area contributed by atoms with E-state index in [-0.39, 0.29) is 23.5 Å². The van der Waals surface area contributed by atoms with Crippen LogP contribution in [0.15, 0.2) is 79.5 Å². The number of nitro benzene ring substituents is 1. The maximum absolute atomic E-state index is 12.9. The molecule has 4 aromatic rings. The molecule has 1 amide bonds. The molecule has 1 N–H and O–H groups in total. The third-order valence-electron chi connectivity index (χ3n) is 4.33. The Morgan fingerprint density at radius 2 is 1.97 bits per heavy atom. The minimum Gasteiger partial charge on any atom is -0.457 e. The van der Waals surface area contributed by atoms with E-state index < -0.39 is 10.8 Å². The highest BCUT2D eigenvalue weighted by atomic mass is 16.6. The van der Waals surface area contributed by atoms with Gasteiger partial charge in [-0.05, 0) is 24.3 Å². The lowest BCUT2D eigenvalue weighted by molar-refractivity contribution is -0.384. The zero-order chi connectivity index (χ0) is 21.6. The number of rotatable bonds is 7. The van der Waals surface area contributed by atoms with E-state index in [9.17, 15) is 14.9 Å². The Balaban J connectivity index is 1.59. The van der Waals surface area contributed by atoms with Crippen molar-refractivity contribution >= 4 is 11.6 Å². The Morgan fingerprint density at radius 1 is 1.13 bits per heavy atom. The first-order valence-corrected chi connectivity index (χ1v) is 9.20. The summed E-state index contributed by atoms with van der Waals surface area (Å²) in [5.74, 6) is 0.700. The molecular weight excluding hydrogens is 400 g/mol. The number of hydrogen-bond donors (Lipinski definition) is 1. The number of hydrogen-bond acceptors (Lipinski definition) is 7. The van der Waals surface area contributed by atoms with E-state index in [2.05, 4.69) is 20.4 Å². The van der Waals surface area contributed by atoms with Crippen LogP contribution in [0.1, 0.15) is 15.9 Å². The van der Waals surface area contributed by atoms with Crippen molar-refractivity contribution in [1.82, 2.24) is 25.1 Å². The van der Waals surface area contributed by atoms with Gasteiger partial charge in [0.15, 0.2) is 5.82 Å². The van der Waals surface area contributed by atoms with Crippen molar-refractivity contribution in [1.29, 1.82) is 0 Å². The van der Waals surface area contributed by atoms with Crippen molar-refractivity contribution in [2.24, 2.45) is 0 Å². The summed E-state index contributed by atoms with van der Waals surface area (Å²) in [6.07, 6.45) is 4.49. The number of pyridine rings is 1. The quantitative estimate of drug-likeness (QED) is 0.362. The van der Waals surface area contributed by atoms with Crippen molar-refractivity contribution in [3.8, 4) is 17.3 Å². The zero-order valence-corrected chi connectivity index (χ0v) is 16.1. The normalized spacial score (nSPS) is 10.5. The highest BCUT2D eigenvalue weighted by molar-refractivity contribution is 5.97. The number of nitrogens with one attached hydrogen (secondary N) is 1. The Bertz CT molecular complexity index is 1210. The van der Waals surface area contributed by atoms with Crippen LogP contribution in [-0.4, -0.2) is 30.6 Å². The number of non-ortho nitro benzene ring substituents is 1. The molecule has 0 fully saturated rings. The molecule has 2 heterocycles. The Kier molecular flexibility index (Phi) is 5.61. The minimum absolute atomic E-state index is 0.0456. The van der Waals surface area contributed by atoms with Gasteiger partial charge in [-0.2, -0.15) is 5.10 Å². The number of para-hydroxylation sites is 1. The molecule has 2 aromatic carbocycles. The standard InChI is InChI=1S/C21H16N6O4/c28-21(24-12-15-5-4-10-23-20(15)26-14-22-13-25-26)18-11-16(27(29)30)8-9-19(18)31-17-6-2-1-3-7-17/h1-11,13-14H,12H2,(H,24,28). The van der Waals surface area contributed by atoms with Crippen LogP contribution in [0, 0.1) is 10.1 Å². The topological polar surface area (TPSA) is 125 Å². The fourth-order valence-corrected chi connectivity index (χ4v) is 2.88. The fraction of sp³-hybridized carbons (Fsp3) is 0.0476. The van der Waals surface area contributed by atoms with Crippen molar-refractivity contribution in [2.45, 2.75) is 6.54 Å². The number of benzene rings is 2. The summed E-state index contributed by atoms with van der Waals surface area (Å²) in [5.41, 5.74) is 0.525. The SMILES string of the molecule is O=C(NCc1cccnc1-n1cncn1)c1cc([N+](=O)[O-])ccc1Oc1ccccc1. The summed E-state index contributed by atoms with van der Waals surface area (Å²) in [6, 6.07) is 16.3. The highest BCUT2D eigenvalue weighted by Crippen LogP contribution is 2.29. The van der Waals surface area contributed by atoms with E-state index in [4.69, 9.17) is 4.74 Å². The summed E-state index contributed by atoms with van der Waals surface area (Å²) in [7, 11) is 0. The van der Waals surface area contributed by atoms with Gasteiger partial charge in [-0.1, -0.05) is 24.3 Å². The van der Waals surface area contributed by atoms with Gasteiger partial charge in [0.2, 0.25) is 0 Å². The van der Waals surface area contributed by atoms with Gasteiger partial charge in [-0.3, -0.25) is 14.9 Å². The van der Waals surface area contributed by atoms with Crippen LogP contribution in [0.2, 0.25) is 0 Å². The van der Waals surface area contributed by atoms with Gasteiger partial charge in [-0.25, -0.2) is 14.6 Å². The zero-order valence-electron chi connectivity index (χ0n) is 16.1. The van der Waals surface area contributed by atoms with Crippen LogP contribution >= 0.6 is 0 Å². The number of carbonyl (C=O) groups excluding carboxylic acids is 1. The first-order valence-electron chi connectivity index (χ1n) is 9.20. The van der Waals surface area contributed by atoms with Gasteiger partial charge >= 0.3 is 0 Å². The summed E-state index contributed by atoms with van der Waals surface area (Å²) in [5, 5.41) is 18.0. The van der Waals surface area contributed by atoms with E-state index in [1.807, 2.05) is 6.07 Å². The van der Waals surface area contributed by atoms with Crippen LogP contribution in [0.4, 0.5) is 5.69 Å². The minimum atomic E-state index is -0.562. The second-order valence-corrected chi connectivity index (χ2v) is 6.36. The third-order valence-corrected chi connectivity index (χ3v) is 4.33. The first-order chi connectivity index (χ1) is 15.1. The Morgan fingerprint density at radius 3 is 2.71 bits per heavy atom. The van der Waals surface area contributed by atoms with E-state index in [0.717, 1.165) is 0 Å². The maximum Gasteiger partial charge on any atom is 0.270 e. The average molecular weight is 416 g/mol. The van der Waals surface area contributed by atoms with Gasteiger partial charge in [0, 0.05) is 30.4 Å². The molecule has 154 valence electrons. The summed E-state index contributed by atoms with van der Waals surface area (Å²) in [6.45, 7) is 0.120. The first kappa shape index (κ1) is 19.7. The molecule has 0 atom stereocenters. The summed E-state index contributed by atoms with van der Waals surface area (Å²) >= 11 is 0. The molecule has 0 aliphatic rings. The number of ether oxygens (including phenoxy) is 1. The van der Waals surface area contributed by atoms with Gasteiger partial charge < -0.3 is 10.1 Å². The molecule has 4 rings (SSSR count). The number of nitrogens with zero attached hydrogens (tertiary/aromatic N) is 5. The smallest absolute Gasteiger partial charge is 0.270 e. The number of carbonyl (C=O) groups is 1. The van der Waals surface area contributed by atoms with Gasteiger partial charge in [0.05, 0.1) is 10.5 Å². The Hall–Kier alpha value is -4.60. The van der Waals surface area contributed by atoms with E-state index in [1.165, 1.54) is 35.5 Å². The highest BCUT2D eigenvalue weighted by Gasteiger charge is 2.19. The van der Waals surface area contributed by atoms with Crippen LogP contribution < -0.4 is 10.1 Å². The van der Waals surface area contributed by atoms with E-state index in [0.29, 0.717) is 17.1 Å². The van der Waals surface area contributed by atoms with Crippen molar-refractivity contribution in [3.05, 3.63) is 101 Å². The fourth-order valence-electron chi connectivity index (χ4n) is 2.88. The predicted octanol–water partition coefficient (Wildman–Crippen LogP) is 3.29. The van der Waals surface area contributed by atoms with Crippen molar-refractivity contribution < 1.29 is 14.5 Å². The van der Waals surface area contributed by atoms with Crippen molar-refractivity contribution in [3.63, 3.8) is 0 Å². The van der Waals surface area contributed by atoms with E-state index in [1.54, 1.807) is 42.6 Å². The van der Waals surface area contributed by atoms with Gasteiger partial charge in [0.1, 0.15) is 24.2 Å². The number of nitro groups is 1. The van der Waals surface area contributed by atoms with E-state index >= 15 is 0 Å². The summed E-state index contributed by atoms with van der Waals surface area (Å²) < 4.78 is 7.27.